The van der Waals surface area contributed by atoms with Crippen molar-refractivity contribution in [1.82, 2.24) is 20.2 Å². The Morgan fingerprint density at radius 2 is 2.14 bits per heavy atom. The molecule has 1 aliphatic heterocycles. The molecule has 0 spiro atoms. The molecule has 1 fully saturated rings. The SMILES string of the molecule is c1cnc(CCN2CCNCC2)cn1. The fraction of sp³-hybridized carbons (Fsp3) is 0.600. The summed E-state index contributed by atoms with van der Waals surface area (Å²) in [6, 6.07) is 0. The molecule has 1 aromatic rings. The van der Waals surface area contributed by atoms with Gasteiger partial charge >= 0.3 is 0 Å². The number of piperazine rings is 1. The Morgan fingerprint density at radius 3 is 2.86 bits per heavy atom. The summed E-state index contributed by atoms with van der Waals surface area (Å²) in [6.45, 7) is 5.63. The molecular weight excluding hydrogens is 176 g/mol. The molecule has 1 saturated heterocycles. The van der Waals surface area contributed by atoms with Crippen LogP contribution in [0.4, 0.5) is 0 Å². The summed E-state index contributed by atoms with van der Waals surface area (Å²) in [6.07, 6.45) is 6.33. The van der Waals surface area contributed by atoms with Crippen LogP contribution in [0, 0.1) is 0 Å². The van der Waals surface area contributed by atoms with Crippen molar-refractivity contribution in [2.45, 2.75) is 6.42 Å². The Bertz CT molecular complexity index is 256. The molecule has 0 unspecified atom stereocenters. The summed E-state index contributed by atoms with van der Waals surface area (Å²) >= 11 is 0. The molecule has 1 N–H and O–H groups in total. The highest BCUT2D eigenvalue weighted by molar-refractivity contribution is 4.95. The van der Waals surface area contributed by atoms with Crippen LogP contribution in [0.2, 0.25) is 0 Å². The van der Waals surface area contributed by atoms with E-state index in [1.807, 2.05) is 6.20 Å². The van der Waals surface area contributed by atoms with Gasteiger partial charge in [0.25, 0.3) is 0 Å². The lowest BCUT2D eigenvalue weighted by Crippen LogP contribution is -2.44. The number of aromatic nitrogens is 2. The molecule has 4 nitrogen and oxygen atoms in total. The van der Waals surface area contributed by atoms with Gasteiger partial charge in [0, 0.05) is 57.7 Å². The zero-order chi connectivity index (χ0) is 9.64. The van der Waals surface area contributed by atoms with Crippen LogP contribution in [0.3, 0.4) is 0 Å². The second-order valence-electron chi connectivity index (χ2n) is 3.54. The Balaban J connectivity index is 1.76. The smallest absolute Gasteiger partial charge is 0.0599 e. The number of hydrogen-bond donors (Lipinski definition) is 1. The third-order valence-electron chi connectivity index (χ3n) is 2.51. The van der Waals surface area contributed by atoms with Crippen molar-refractivity contribution in [3.63, 3.8) is 0 Å². The standard InChI is InChI=1S/C10H16N4/c1(10-9-12-2-3-13-10)6-14-7-4-11-5-8-14/h2-3,9,11H,1,4-8H2. The largest absolute Gasteiger partial charge is 0.314 e. The molecule has 76 valence electrons. The number of nitrogens with one attached hydrogen (secondary N) is 1. The first-order valence-corrected chi connectivity index (χ1v) is 5.13. The molecule has 0 atom stereocenters. The van der Waals surface area contributed by atoms with E-state index in [1.54, 1.807) is 12.4 Å². The first kappa shape index (κ1) is 9.55. The van der Waals surface area contributed by atoms with E-state index in [2.05, 4.69) is 20.2 Å². The average Bonchev–Trinajstić information content (AvgIpc) is 2.29. The highest BCUT2D eigenvalue weighted by Crippen LogP contribution is 1.97. The minimum absolute atomic E-state index is 1.01. The van der Waals surface area contributed by atoms with Crippen LogP contribution in [-0.2, 0) is 6.42 Å². The molecule has 14 heavy (non-hydrogen) atoms. The van der Waals surface area contributed by atoms with Crippen molar-refractivity contribution < 1.29 is 0 Å². The van der Waals surface area contributed by atoms with Crippen molar-refractivity contribution in [3.8, 4) is 0 Å². The maximum absolute atomic E-state index is 4.26. The summed E-state index contributed by atoms with van der Waals surface area (Å²) in [5.74, 6) is 0. The quantitative estimate of drug-likeness (QED) is 0.727. The molecule has 0 bridgehead atoms. The molecule has 1 aromatic heterocycles. The van der Waals surface area contributed by atoms with E-state index in [4.69, 9.17) is 0 Å². The molecule has 0 radical (unpaired) electrons. The minimum Gasteiger partial charge on any atom is -0.314 e. The fourth-order valence-electron chi connectivity index (χ4n) is 1.67. The van der Waals surface area contributed by atoms with E-state index in [1.165, 1.54) is 0 Å². The molecule has 0 aliphatic carbocycles. The summed E-state index contributed by atoms with van der Waals surface area (Å²) in [5.41, 5.74) is 1.09. The normalized spacial score (nSPS) is 18.3. The van der Waals surface area contributed by atoms with Gasteiger partial charge < -0.3 is 10.2 Å². The lowest BCUT2D eigenvalue weighted by Gasteiger charge is -2.26. The van der Waals surface area contributed by atoms with Crippen LogP contribution >= 0.6 is 0 Å². The van der Waals surface area contributed by atoms with E-state index in [9.17, 15) is 0 Å². The van der Waals surface area contributed by atoms with Crippen LogP contribution < -0.4 is 5.32 Å². The van der Waals surface area contributed by atoms with E-state index in [0.717, 1.165) is 44.8 Å². The maximum Gasteiger partial charge on any atom is 0.0599 e. The summed E-state index contributed by atoms with van der Waals surface area (Å²) in [7, 11) is 0. The zero-order valence-corrected chi connectivity index (χ0v) is 8.32. The molecule has 0 aromatic carbocycles. The van der Waals surface area contributed by atoms with Crippen molar-refractivity contribution in [2.24, 2.45) is 0 Å². The van der Waals surface area contributed by atoms with Gasteiger partial charge in [0.1, 0.15) is 0 Å². The summed E-state index contributed by atoms with van der Waals surface area (Å²) in [4.78, 5) is 10.8. The Morgan fingerprint density at radius 1 is 1.29 bits per heavy atom. The first-order chi connectivity index (χ1) is 6.95. The summed E-state index contributed by atoms with van der Waals surface area (Å²) in [5, 5.41) is 3.34. The van der Waals surface area contributed by atoms with Crippen molar-refractivity contribution in [1.29, 1.82) is 0 Å². The van der Waals surface area contributed by atoms with Gasteiger partial charge in [-0.3, -0.25) is 9.97 Å². The highest BCUT2D eigenvalue weighted by atomic mass is 15.2. The molecule has 0 amide bonds. The van der Waals surface area contributed by atoms with E-state index < -0.39 is 0 Å². The third-order valence-corrected chi connectivity index (χ3v) is 2.51. The van der Waals surface area contributed by atoms with Crippen LogP contribution in [0.25, 0.3) is 0 Å². The molecule has 2 heterocycles. The second kappa shape index (κ2) is 5.02. The molecule has 0 saturated carbocycles. The molecule has 2 rings (SSSR count). The second-order valence-corrected chi connectivity index (χ2v) is 3.54. The molecular formula is C10H16N4. The predicted octanol–water partition coefficient (Wildman–Crippen LogP) is -0.0757. The fourth-order valence-corrected chi connectivity index (χ4v) is 1.67. The highest BCUT2D eigenvalue weighted by Gasteiger charge is 2.08. The average molecular weight is 192 g/mol. The Labute approximate surface area is 84.4 Å². The Kier molecular flexibility index (Phi) is 3.43. The van der Waals surface area contributed by atoms with E-state index in [0.29, 0.717) is 0 Å². The number of hydrogen-bond acceptors (Lipinski definition) is 4. The number of rotatable bonds is 3. The monoisotopic (exact) mass is 192 g/mol. The van der Waals surface area contributed by atoms with Gasteiger partial charge in [-0.05, 0) is 0 Å². The topological polar surface area (TPSA) is 41.1 Å². The van der Waals surface area contributed by atoms with Gasteiger partial charge in [-0.15, -0.1) is 0 Å². The predicted molar refractivity (Wildman–Crippen MR) is 55.0 cm³/mol. The third kappa shape index (κ3) is 2.75. The molecule has 1 aliphatic rings. The van der Waals surface area contributed by atoms with Gasteiger partial charge in [0.2, 0.25) is 0 Å². The Hall–Kier alpha value is -1.00. The van der Waals surface area contributed by atoms with Crippen LogP contribution in [0.5, 0.6) is 0 Å². The van der Waals surface area contributed by atoms with Crippen molar-refractivity contribution in [3.05, 3.63) is 24.3 Å². The van der Waals surface area contributed by atoms with Gasteiger partial charge in [-0.2, -0.15) is 0 Å². The van der Waals surface area contributed by atoms with Crippen LogP contribution in [0.15, 0.2) is 18.6 Å². The lowest BCUT2D eigenvalue weighted by molar-refractivity contribution is 0.243. The van der Waals surface area contributed by atoms with Crippen molar-refractivity contribution in [2.75, 3.05) is 32.7 Å². The van der Waals surface area contributed by atoms with E-state index >= 15 is 0 Å². The number of nitrogens with zero attached hydrogens (tertiary/aromatic N) is 3. The van der Waals surface area contributed by atoms with Crippen molar-refractivity contribution >= 4 is 0 Å². The molecule has 4 heteroatoms. The van der Waals surface area contributed by atoms with Gasteiger partial charge in [-0.1, -0.05) is 0 Å². The van der Waals surface area contributed by atoms with Gasteiger partial charge in [-0.25, -0.2) is 0 Å². The minimum atomic E-state index is 1.01. The lowest BCUT2D eigenvalue weighted by atomic mass is 10.3. The van der Waals surface area contributed by atoms with Gasteiger partial charge in [0.05, 0.1) is 5.69 Å². The zero-order valence-electron chi connectivity index (χ0n) is 8.32. The first-order valence-electron chi connectivity index (χ1n) is 5.13. The summed E-state index contributed by atoms with van der Waals surface area (Å²) < 4.78 is 0. The van der Waals surface area contributed by atoms with E-state index in [-0.39, 0.29) is 0 Å². The van der Waals surface area contributed by atoms with Crippen LogP contribution in [0.1, 0.15) is 5.69 Å². The maximum atomic E-state index is 4.26. The van der Waals surface area contributed by atoms with Gasteiger partial charge in [0.15, 0.2) is 0 Å². The van der Waals surface area contributed by atoms with Crippen LogP contribution in [-0.4, -0.2) is 47.6 Å².